The summed E-state index contributed by atoms with van der Waals surface area (Å²) in [6, 6.07) is 0. The number of carbonyl (C=O) groups excluding carboxylic acids is 2. The van der Waals surface area contributed by atoms with Crippen LogP contribution in [0, 0.1) is 5.92 Å². The van der Waals surface area contributed by atoms with E-state index in [2.05, 4.69) is 61.8 Å². The van der Waals surface area contributed by atoms with Crippen molar-refractivity contribution >= 4 is 19.8 Å². The number of phosphoric ester groups is 1. The molecule has 0 bridgehead atoms. The Kier molecular flexibility index (Phi) is 33.7. The molecule has 2 unspecified atom stereocenters. The lowest BCUT2D eigenvalue weighted by Crippen LogP contribution is -2.29. The number of carbonyl (C=O) groups is 2. The minimum absolute atomic E-state index is 0.00296. The Morgan fingerprint density at radius 3 is 1.85 bits per heavy atom. The fourth-order valence-electron chi connectivity index (χ4n) is 5.05. The van der Waals surface area contributed by atoms with Gasteiger partial charge in [-0.15, -0.1) is 0 Å². The summed E-state index contributed by atoms with van der Waals surface area (Å²) in [5.74, 6) is -0.232. The Morgan fingerprint density at radius 2 is 1.25 bits per heavy atom. The molecule has 0 radical (unpaired) electrons. The highest BCUT2D eigenvalue weighted by molar-refractivity contribution is 7.46. The maximum Gasteiger partial charge on any atom is 0.469 e. The second kappa shape index (κ2) is 35.5. The Morgan fingerprint density at radius 1 is 0.673 bits per heavy atom. The van der Waals surface area contributed by atoms with E-state index in [1.54, 1.807) is 24.3 Å². The Labute approximate surface area is 315 Å². The monoisotopic (exact) mass is 750 g/mol. The molecule has 0 heterocycles. The van der Waals surface area contributed by atoms with Crippen molar-refractivity contribution in [2.24, 2.45) is 5.92 Å². The Hall–Kier alpha value is -2.55. The summed E-state index contributed by atoms with van der Waals surface area (Å²) < 4.78 is 26.2. The maximum absolute atomic E-state index is 12.4. The highest BCUT2D eigenvalue weighted by Gasteiger charge is 2.22. The minimum Gasteiger partial charge on any atom is -0.462 e. The van der Waals surface area contributed by atoms with Crippen LogP contribution in [0.5, 0.6) is 0 Å². The van der Waals surface area contributed by atoms with Gasteiger partial charge in [-0.05, 0) is 50.9 Å². The maximum atomic E-state index is 12.4. The fourth-order valence-corrected chi connectivity index (χ4v) is 5.41. The molecule has 0 aliphatic carbocycles. The van der Waals surface area contributed by atoms with Gasteiger partial charge in [0.25, 0.3) is 0 Å². The van der Waals surface area contributed by atoms with Gasteiger partial charge in [0.1, 0.15) is 6.61 Å². The van der Waals surface area contributed by atoms with Crippen molar-refractivity contribution in [2.45, 2.75) is 161 Å². The third-order valence-corrected chi connectivity index (χ3v) is 8.86. The number of phosphoric acid groups is 1. The predicted octanol–water partition coefficient (Wildman–Crippen LogP) is 10.7. The van der Waals surface area contributed by atoms with Crippen molar-refractivity contribution in [3.05, 3.63) is 72.9 Å². The molecule has 52 heavy (non-hydrogen) atoms. The summed E-state index contributed by atoms with van der Waals surface area (Å²) in [6.45, 7) is 5.75. The molecule has 0 saturated heterocycles. The van der Waals surface area contributed by atoms with E-state index in [0.717, 1.165) is 50.9 Å². The van der Waals surface area contributed by atoms with Crippen molar-refractivity contribution in [1.29, 1.82) is 0 Å². The first-order chi connectivity index (χ1) is 25.1. The van der Waals surface area contributed by atoms with E-state index >= 15 is 0 Å². The average molecular weight is 751 g/mol. The summed E-state index contributed by atoms with van der Waals surface area (Å²) >= 11 is 0. The van der Waals surface area contributed by atoms with Gasteiger partial charge in [0.05, 0.1) is 12.7 Å². The summed E-state index contributed by atoms with van der Waals surface area (Å²) in [6.07, 6.45) is 40.8. The summed E-state index contributed by atoms with van der Waals surface area (Å²) in [7, 11) is -4.80. The molecule has 0 aliphatic rings. The smallest absolute Gasteiger partial charge is 0.462 e. The fraction of sp³-hybridized carbons (Fsp3) is 0.667. The topological polar surface area (TPSA) is 140 Å². The van der Waals surface area contributed by atoms with Crippen LogP contribution < -0.4 is 0 Å². The zero-order valence-corrected chi connectivity index (χ0v) is 33.3. The molecule has 0 aliphatic heterocycles. The van der Waals surface area contributed by atoms with E-state index in [9.17, 15) is 19.3 Å². The van der Waals surface area contributed by atoms with E-state index in [-0.39, 0.29) is 19.4 Å². The normalized spacial score (nSPS) is 14.5. The molecule has 0 aromatic rings. The van der Waals surface area contributed by atoms with E-state index in [0.29, 0.717) is 19.3 Å². The molecule has 0 aromatic heterocycles. The highest BCUT2D eigenvalue weighted by atomic mass is 31.2. The molecule has 0 amide bonds. The molecule has 10 heteroatoms. The van der Waals surface area contributed by atoms with Gasteiger partial charge in [0.15, 0.2) is 6.10 Å². The number of rotatable bonds is 34. The predicted molar refractivity (Wildman–Crippen MR) is 213 cm³/mol. The van der Waals surface area contributed by atoms with Crippen LogP contribution >= 0.6 is 7.82 Å². The highest BCUT2D eigenvalue weighted by Crippen LogP contribution is 2.36. The number of allylic oxidation sites excluding steroid dienone is 10. The lowest BCUT2D eigenvalue weighted by atomic mass is 9.99. The molecular weight excluding hydrogens is 679 g/mol. The largest absolute Gasteiger partial charge is 0.469 e. The molecule has 298 valence electrons. The first kappa shape index (κ1) is 49.5. The molecule has 3 atom stereocenters. The standard InChI is InChI=1S/C42H71O9P/c1-4-6-7-8-9-10-11-12-13-17-20-23-27-32-39(43)33-28-25-30-35-42(45)51-40(37-50-52(46,47)48)36-49-41(44)34-29-24-21-18-15-14-16-19-22-26-31-38(3)5-2/h6-7,9-10,12-13,20,23,25,27-28,32,38-40,43H,4-5,8,11,14-19,21-22,24,26,29-31,33-37H2,1-3H3,(H2,46,47,48)/b7-6-,10-9-,13-12-,23-20-,28-25-,32-27-/t38?,39?,40-/m1/s1. The first-order valence-electron chi connectivity index (χ1n) is 19.7. The number of ether oxygens (including phenoxy) is 2. The van der Waals surface area contributed by atoms with Crippen LogP contribution in [0.15, 0.2) is 72.9 Å². The molecular formula is C42H71O9P. The molecule has 0 saturated carbocycles. The lowest BCUT2D eigenvalue weighted by Gasteiger charge is -2.18. The average Bonchev–Trinajstić information content (AvgIpc) is 3.11. The molecule has 0 rings (SSSR count). The van der Waals surface area contributed by atoms with E-state index in [4.69, 9.17) is 19.3 Å². The van der Waals surface area contributed by atoms with Gasteiger partial charge >= 0.3 is 19.8 Å². The van der Waals surface area contributed by atoms with Gasteiger partial charge in [-0.2, -0.15) is 0 Å². The van der Waals surface area contributed by atoms with Crippen LogP contribution in [0.3, 0.4) is 0 Å². The van der Waals surface area contributed by atoms with Gasteiger partial charge in [-0.25, -0.2) is 4.57 Å². The van der Waals surface area contributed by atoms with Crippen molar-refractivity contribution < 1.29 is 43.0 Å². The summed E-state index contributed by atoms with van der Waals surface area (Å²) in [4.78, 5) is 42.7. The number of aliphatic hydroxyl groups excluding tert-OH is 1. The van der Waals surface area contributed by atoms with Crippen molar-refractivity contribution in [3.63, 3.8) is 0 Å². The van der Waals surface area contributed by atoms with Crippen molar-refractivity contribution in [1.82, 2.24) is 0 Å². The quantitative estimate of drug-likeness (QED) is 0.0193. The first-order valence-corrected chi connectivity index (χ1v) is 21.3. The van der Waals surface area contributed by atoms with Crippen LogP contribution in [0.4, 0.5) is 0 Å². The molecule has 0 fully saturated rings. The zero-order valence-electron chi connectivity index (χ0n) is 32.5. The molecule has 0 aromatic carbocycles. The Balaban J connectivity index is 4.21. The number of esters is 2. The van der Waals surface area contributed by atoms with Gasteiger partial charge in [-0.3, -0.25) is 14.1 Å². The van der Waals surface area contributed by atoms with Gasteiger partial charge in [0.2, 0.25) is 0 Å². The summed E-state index contributed by atoms with van der Waals surface area (Å²) in [5, 5.41) is 10.1. The second-order valence-electron chi connectivity index (χ2n) is 13.3. The van der Waals surface area contributed by atoms with E-state index in [1.807, 2.05) is 12.2 Å². The number of aliphatic hydroxyl groups is 1. The minimum atomic E-state index is -4.80. The number of hydrogen-bond donors (Lipinski definition) is 3. The zero-order chi connectivity index (χ0) is 38.5. The van der Waals surface area contributed by atoms with E-state index < -0.39 is 38.6 Å². The number of unbranched alkanes of at least 4 members (excludes halogenated alkanes) is 9. The van der Waals surface area contributed by atoms with Crippen LogP contribution in [-0.4, -0.2) is 52.3 Å². The molecule has 0 spiro atoms. The van der Waals surface area contributed by atoms with E-state index in [1.165, 1.54) is 51.4 Å². The second-order valence-corrected chi connectivity index (χ2v) is 14.6. The summed E-state index contributed by atoms with van der Waals surface area (Å²) in [5.41, 5.74) is 0. The van der Waals surface area contributed by atoms with Crippen molar-refractivity contribution in [2.75, 3.05) is 13.2 Å². The third kappa shape index (κ3) is 37.2. The van der Waals surface area contributed by atoms with Crippen LogP contribution in [0.2, 0.25) is 0 Å². The van der Waals surface area contributed by atoms with Gasteiger partial charge in [0, 0.05) is 12.8 Å². The third-order valence-electron chi connectivity index (χ3n) is 8.37. The SMILES string of the molecule is CC/C=C\C/C=C\C/C=C\C/C=C\C=C/C(O)C/C=C\CCC(=O)O[C@H](COC(=O)CCCCCCCCCCCCC(C)CC)COP(=O)(O)O. The molecule has 3 N–H and O–H groups in total. The van der Waals surface area contributed by atoms with Crippen LogP contribution in [0.1, 0.15) is 149 Å². The number of hydrogen-bond acceptors (Lipinski definition) is 7. The van der Waals surface area contributed by atoms with Crippen LogP contribution in [-0.2, 0) is 28.2 Å². The Bertz CT molecular complexity index is 1100. The molecule has 9 nitrogen and oxygen atoms in total. The van der Waals surface area contributed by atoms with Crippen LogP contribution in [0.25, 0.3) is 0 Å². The van der Waals surface area contributed by atoms with Gasteiger partial charge < -0.3 is 24.4 Å². The van der Waals surface area contributed by atoms with Gasteiger partial charge in [-0.1, -0.05) is 164 Å². The van der Waals surface area contributed by atoms with Crippen molar-refractivity contribution in [3.8, 4) is 0 Å². The lowest BCUT2D eigenvalue weighted by molar-refractivity contribution is -0.161.